The quantitative estimate of drug-likeness (QED) is 0.803. The van der Waals surface area contributed by atoms with Gasteiger partial charge in [0.05, 0.1) is 0 Å². The minimum atomic E-state index is -0.392. The van der Waals surface area contributed by atoms with Crippen LogP contribution in [0.3, 0.4) is 0 Å². The molecule has 0 unspecified atom stereocenters. The SMILES string of the molecule is Nc1[nH]c(=O)nc(N2CCCCC2)c1Br. The topological polar surface area (TPSA) is 75.0 Å². The first kappa shape index (κ1) is 10.5. The Morgan fingerprint density at radius 2 is 2.00 bits per heavy atom. The number of rotatable bonds is 1. The van der Waals surface area contributed by atoms with E-state index in [2.05, 4.69) is 30.8 Å². The lowest BCUT2D eigenvalue weighted by Crippen LogP contribution is -2.32. The highest BCUT2D eigenvalue weighted by molar-refractivity contribution is 9.10. The molecule has 0 amide bonds. The maximum absolute atomic E-state index is 11.2. The van der Waals surface area contributed by atoms with Gasteiger partial charge in [-0.2, -0.15) is 4.98 Å². The standard InChI is InChI=1S/C9H13BrN4O/c10-6-7(11)12-9(15)13-8(6)14-4-2-1-3-5-14/h1-5H2,(H3,11,12,13,15). The number of halogens is 1. The molecule has 1 aromatic rings. The van der Waals surface area contributed by atoms with Crippen LogP contribution in [0.5, 0.6) is 0 Å². The zero-order valence-corrected chi connectivity index (χ0v) is 9.88. The number of piperidine rings is 1. The molecule has 6 heteroatoms. The number of anilines is 2. The molecule has 0 atom stereocenters. The predicted octanol–water partition coefficient (Wildman–Crippen LogP) is 1.10. The van der Waals surface area contributed by atoms with Gasteiger partial charge in [-0.15, -0.1) is 0 Å². The summed E-state index contributed by atoms with van der Waals surface area (Å²) in [6, 6.07) is 0. The summed E-state index contributed by atoms with van der Waals surface area (Å²) in [7, 11) is 0. The largest absolute Gasteiger partial charge is 0.384 e. The van der Waals surface area contributed by atoms with E-state index >= 15 is 0 Å². The van der Waals surface area contributed by atoms with Crippen LogP contribution in [0.4, 0.5) is 11.6 Å². The van der Waals surface area contributed by atoms with Crippen molar-refractivity contribution in [2.45, 2.75) is 19.3 Å². The number of hydrogen-bond acceptors (Lipinski definition) is 4. The summed E-state index contributed by atoms with van der Waals surface area (Å²) in [6.07, 6.45) is 3.52. The highest BCUT2D eigenvalue weighted by atomic mass is 79.9. The van der Waals surface area contributed by atoms with Crippen LogP contribution in [0.15, 0.2) is 9.27 Å². The molecule has 1 fully saturated rings. The Kier molecular flexibility index (Phi) is 2.95. The summed E-state index contributed by atoms with van der Waals surface area (Å²) in [4.78, 5) is 19.7. The summed E-state index contributed by atoms with van der Waals surface area (Å²) in [5.74, 6) is 1.01. The Hall–Kier alpha value is -1.04. The monoisotopic (exact) mass is 272 g/mol. The van der Waals surface area contributed by atoms with Gasteiger partial charge in [-0.05, 0) is 35.2 Å². The number of H-pyrrole nitrogens is 1. The van der Waals surface area contributed by atoms with Crippen LogP contribution in [0.1, 0.15) is 19.3 Å². The summed E-state index contributed by atoms with van der Waals surface area (Å²) in [6.45, 7) is 1.88. The first-order valence-corrected chi connectivity index (χ1v) is 5.78. The summed E-state index contributed by atoms with van der Waals surface area (Å²) >= 11 is 3.35. The molecule has 82 valence electrons. The van der Waals surface area contributed by atoms with E-state index in [1.807, 2.05) is 0 Å². The van der Waals surface area contributed by atoms with Crippen molar-refractivity contribution >= 4 is 27.6 Å². The number of aromatic amines is 1. The van der Waals surface area contributed by atoms with Gasteiger partial charge in [-0.1, -0.05) is 0 Å². The minimum absolute atomic E-state index is 0.343. The van der Waals surface area contributed by atoms with E-state index < -0.39 is 5.69 Å². The highest BCUT2D eigenvalue weighted by Gasteiger charge is 2.17. The van der Waals surface area contributed by atoms with Crippen LogP contribution in [-0.4, -0.2) is 23.1 Å². The predicted molar refractivity (Wildman–Crippen MR) is 63.0 cm³/mol. The second-order valence-corrected chi connectivity index (χ2v) is 4.43. The van der Waals surface area contributed by atoms with Crippen molar-refractivity contribution in [3.63, 3.8) is 0 Å². The maximum Gasteiger partial charge on any atom is 0.348 e. The van der Waals surface area contributed by atoms with Gasteiger partial charge in [0.1, 0.15) is 10.3 Å². The van der Waals surface area contributed by atoms with Gasteiger partial charge in [0.15, 0.2) is 5.82 Å². The fourth-order valence-corrected chi connectivity index (χ4v) is 2.22. The summed E-state index contributed by atoms with van der Waals surface area (Å²) in [5, 5.41) is 0. The molecule has 1 aliphatic heterocycles. The highest BCUT2D eigenvalue weighted by Crippen LogP contribution is 2.28. The van der Waals surface area contributed by atoms with Crippen molar-refractivity contribution in [2.24, 2.45) is 0 Å². The van der Waals surface area contributed by atoms with E-state index in [0.29, 0.717) is 16.1 Å². The molecule has 0 spiro atoms. The third-order valence-electron chi connectivity index (χ3n) is 2.54. The van der Waals surface area contributed by atoms with E-state index in [-0.39, 0.29) is 0 Å². The number of hydrogen-bond donors (Lipinski definition) is 2. The second-order valence-electron chi connectivity index (χ2n) is 3.64. The smallest absolute Gasteiger partial charge is 0.348 e. The summed E-state index contributed by atoms with van der Waals surface area (Å²) in [5.41, 5.74) is 5.27. The molecule has 15 heavy (non-hydrogen) atoms. The Bertz CT molecular complexity index is 411. The van der Waals surface area contributed by atoms with E-state index in [1.54, 1.807) is 0 Å². The van der Waals surface area contributed by atoms with E-state index in [9.17, 15) is 4.79 Å². The normalized spacial score (nSPS) is 16.7. The molecule has 1 aliphatic rings. The van der Waals surface area contributed by atoms with Crippen LogP contribution in [0, 0.1) is 0 Å². The van der Waals surface area contributed by atoms with Crippen LogP contribution in [0.2, 0.25) is 0 Å². The third-order valence-corrected chi connectivity index (χ3v) is 3.32. The lowest BCUT2D eigenvalue weighted by atomic mass is 10.1. The van der Waals surface area contributed by atoms with Gasteiger partial charge in [-0.3, -0.25) is 4.98 Å². The number of nitrogens with two attached hydrogens (primary N) is 1. The molecule has 3 N–H and O–H groups in total. The van der Waals surface area contributed by atoms with Crippen LogP contribution < -0.4 is 16.3 Å². The molecule has 0 aromatic carbocycles. The minimum Gasteiger partial charge on any atom is -0.384 e. The molecule has 0 aliphatic carbocycles. The van der Waals surface area contributed by atoms with E-state index in [1.165, 1.54) is 6.42 Å². The lowest BCUT2D eigenvalue weighted by Gasteiger charge is -2.28. The van der Waals surface area contributed by atoms with Gasteiger partial charge >= 0.3 is 5.69 Å². The molecule has 2 rings (SSSR count). The van der Waals surface area contributed by atoms with Crippen molar-refractivity contribution in [1.29, 1.82) is 0 Å². The molecule has 1 aromatic heterocycles. The average molecular weight is 273 g/mol. The van der Waals surface area contributed by atoms with E-state index in [4.69, 9.17) is 5.73 Å². The van der Waals surface area contributed by atoms with Crippen LogP contribution in [-0.2, 0) is 0 Å². The number of aromatic nitrogens is 2. The van der Waals surface area contributed by atoms with Gasteiger partial charge < -0.3 is 10.6 Å². The first-order chi connectivity index (χ1) is 7.18. The fourth-order valence-electron chi connectivity index (χ4n) is 1.78. The fraction of sp³-hybridized carbons (Fsp3) is 0.556. The Balaban J connectivity index is 2.37. The van der Waals surface area contributed by atoms with Crippen molar-refractivity contribution in [3.05, 3.63) is 15.0 Å². The zero-order valence-electron chi connectivity index (χ0n) is 8.29. The van der Waals surface area contributed by atoms with Crippen molar-refractivity contribution in [3.8, 4) is 0 Å². The molecule has 0 radical (unpaired) electrons. The Morgan fingerprint density at radius 3 is 2.67 bits per heavy atom. The van der Waals surface area contributed by atoms with E-state index in [0.717, 1.165) is 25.9 Å². The lowest BCUT2D eigenvalue weighted by molar-refractivity contribution is 0.571. The average Bonchev–Trinajstić information content (AvgIpc) is 2.24. The maximum atomic E-state index is 11.2. The van der Waals surface area contributed by atoms with Gasteiger partial charge in [0.25, 0.3) is 0 Å². The molecule has 0 saturated carbocycles. The molecule has 5 nitrogen and oxygen atoms in total. The van der Waals surface area contributed by atoms with Crippen molar-refractivity contribution in [1.82, 2.24) is 9.97 Å². The number of nitrogens with one attached hydrogen (secondary N) is 1. The number of nitrogen functional groups attached to an aromatic ring is 1. The van der Waals surface area contributed by atoms with Crippen LogP contribution in [0.25, 0.3) is 0 Å². The number of nitrogens with zero attached hydrogens (tertiary/aromatic N) is 2. The Morgan fingerprint density at radius 1 is 1.33 bits per heavy atom. The second kappa shape index (κ2) is 4.22. The summed E-state index contributed by atoms with van der Waals surface area (Å²) < 4.78 is 0.684. The van der Waals surface area contributed by atoms with Gasteiger partial charge in [-0.25, -0.2) is 4.79 Å². The van der Waals surface area contributed by atoms with Gasteiger partial charge in [0.2, 0.25) is 0 Å². The Labute approximate surface area is 95.8 Å². The van der Waals surface area contributed by atoms with Crippen LogP contribution >= 0.6 is 15.9 Å². The molecular formula is C9H13BrN4O. The van der Waals surface area contributed by atoms with Crippen molar-refractivity contribution in [2.75, 3.05) is 23.7 Å². The first-order valence-electron chi connectivity index (χ1n) is 4.99. The van der Waals surface area contributed by atoms with Gasteiger partial charge in [0, 0.05) is 13.1 Å². The van der Waals surface area contributed by atoms with Crippen molar-refractivity contribution < 1.29 is 0 Å². The molecular weight excluding hydrogens is 260 g/mol. The molecule has 0 bridgehead atoms. The third kappa shape index (κ3) is 2.14. The zero-order chi connectivity index (χ0) is 10.8. The molecule has 1 saturated heterocycles. The molecule has 2 heterocycles.